The van der Waals surface area contributed by atoms with Gasteiger partial charge < -0.3 is 10.8 Å². The maximum Gasteiger partial charge on any atom is 0.311 e. The molecule has 0 heterocycles. The van der Waals surface area contributed by atoms with Crippen LogP contribution < -0.4 is 5.73 Å². The van der Waals surface area contributed by atoms with Gasteiger partial charge in [0.25, 0.3) is 0 Å². The van der Waals surface area contributed by atoms with Crippen LogP contribution in [0, 0.1) is 11.3 Å². The molecule has 0 saturated heterocycles. The van der Waals surface area contributed by atoms with Gasteiger partial charge in [0.15, 0.2) is 5.78 Å². The molecule has 0 aromatic rings. The van der Waals surface area contributed by atoms with E-state index in [-0.39, 0.29) is 12.3 Å². The summed E-state index contributed by atoms with van der Waals surface area (Å²) >= 11 is 11.8. The van der Waals surface area contributed by atoms with Crippen LogP contribution in [0.25, 0.3) is 0 Å². The molecule has 0 bridgehead atoms. The normalized spacial score (nSPS) is 34.6. The molecule has 2 rings (SSSR count). The van der Waals surface area contributed by atoms with Crippen LogP contribution in [0.15, 0.2) is 22.8 Å². The first-order valence-corrected chi connectivity index (χ1v) is 6.42. The Morgan fingerprint density at radius 3 is 2.61 bits per heavy atom. The van der Waals surface area contributed by atoms with Crippen LogP contribution >= 0.6 is 23.2 Å². The third-order valence-electron chi connectivity index (χ3n) is 3.64. The summed E-state index contributed by atoms with van der Waals surface area (Å²) in [6, 6.07) is 0. The molecular formula is C12H13Cl2NO3. The molecule has 2 aliphatic carbocycles. The summed E-state index contributed by atoms with van der Waals surface area (Å²) in [7, 11) is 0. The Balaban J connectivity index is 2.14. The van der Waals surface area contributed by atoms with E-state index in [1.807, 2.05) is 0 Å². The summed E-state index contributed by atoms with van der Waals surface area (Å²) in [5.41, 5.74) is 4.92. The van der Waals surface area contributed by atoms with Crippen LogP contribution in [0.1, 0.15) is 12.8 Å². The van der Waals surface area contributed by atoms with Crippen molar-refractivity contribution >= 4 is 35.0 Å². The number of allylic oxidation sites excluding steroid dienone is 4. The maximum absolute atomic E-state index is 12.2. The number of carboxylic acids is 1. The Labute approximate surface area is 114 Å². The number of rotatable bonds is 4. The van der Waals surface area contributed by atoms with Crippen molar-refractivity contribution in [3.05, 3.63) is 22.8 Å². The first-order chi connectivity index (χ1) is 8.42. The van der Waals surface area contributed by atoms with E-state index in [1.165, 1.54) is 0 Å². The van der Waals surface area contributed by atoms with Gasteiger partial charge in [-0.15, -0.1) is 11.6 Å². The first-order valence-electron chi connectivity index (χ1n) is 5.60. The lowest BCUT2D eigenvalue weighted by atomic mass is 9.93. The fourth-order valence-corrected chi connectivity index (χ4v) is 2.63. The van der Waals surface area contributed by atoms with Gasteiger partial charge in [0.2, 0.25) is 0 Å². The number of hydrogen-bond acceptors (Lipinski definition) is 3. The predicted molar refractivity (Wildman–Crippen MR) is 68.5 cm³/mol. The largest absolute Gasteiger partial charge is 0.481 e. The third kappa shape index (κ3) is 2.09. The highest BCUT2D eigenvalue weighted by atomic mass is 35.5. The van der Waals surface area contributed by atoms with Crippen molar-refractivity contribution in [2.24, 2.45) is 17.1 Å². The van der Waals surface area contributed by atoms with Crippen LogP contribution in [-0.4, -0.2) is 28.8 Å². The molecule has 0 radical (unpaired) electrons. The van der Waals surface area contributed by atoms with Gasteiger partial charge >= 0.3 is 5.97 Å². The topological polar surface area (TPSA) is 80.4 Å². The summed E-state index contributed by atoms with van der Waals surface area (Å²) in [6.45, 7) is -0.0209. The van der Waals surface area contributed by atoms with Crippen molar-refractivity contribution in [1.29, 1.82) is 0 Å². The zero-order valence-electron chi connectivity index (χ0n) is 9.53. The van der Waals surface area contributed by atoms with Gasteiger partial charge in [0.05, 0.1) is 10.8 Å². The third-order valence-corrected chi connectivity index (χ3v) is 4.53. The molecule has 3 N–H and O–H groups in total. The molecular weight excluding hydrogens is 277 g/mol. The number of Topliss-reactive ketones (excluding diaryl/α,β-unsaturated/α-hetero) is 1. The minimum absolute atomic E-state index is 0.0209. The molecule has 1 saturated carbocycles. The molecule has 3 atom stereocenters. The second kappa shape index (κ2) is 4.68. The summed E-state index contributed by atoms with van der Waals surface area (Å²) in [4.78, 5) is 23.3. The molecule has 0 aromatic heterocycles. The predicted octanol–water partition coefficient (Wildman–Crippen LogP) is 1.67. The minimum Gasteiger partial charge on any atom is -0.481 e. The van der Waals surface area contributed by atoms with Crippen molar-refractivity contribution in [3.8, 4) is 0 Å². The molecule has 0 spiro atoms. The number of aliphatic carboxylic acids is 1. The van der Waals surface area contributed by atoms with Crippen molar-refractivity contribution in [2.45, 2.75) is 18.2 Å². The highest BCUT2D eigenvalue weighted by Gasteiger charge is 2.63. The molecule has 18 heavy (non-hydrogen) atoms. The van der Waals surface area contributed by atoms with Gasteiger partial charge in [-0.3, -0.25) is 9.59 Å². The zero-order chi connectivity index (χ0) is 13.5. The van der Waals surface area contributed by atoms with Crippen LogP contribution in [0.5, 0.6) is 0 Å². The number of carbonyl (C=O) groups excluding carboxylic acids is 1. The van der Waals surface area contributed by atoms with E-state index >= 15 is 0 Å². The quantitative estimate of drug-likeness (QED) is 0.772. The van der Waals surface area contributed by atoms with Gasteiger partial charge in [-0.1, -0.05) is 17.7 Å². The summed E-state index contributed by atoms with van der Waals surface area (Å²) < 4.78 is 0. The van der Waals surface area contributed by atoms with Gasteiger partial charge in [-0.2, -0.15) is 0 Å². The number of alkyl halides is 1. The lowest BCUT2D eigenvalue weighted by molar-refractivity contribution is -0.144. The van der Waals surface area contributed by atoms with Crippen molar-refractivity contribution in [1.82, 2.24) is 0 Å². The van der Waals surface area contributed by atoms with Crippen molar-refractivity contribution in [2.75, 3.05) is 6.54 Å². The lowest BCUT2D eigenvalue weighted by Crippen LogP contribution is -2.30. The Bertz CT molecular complexity index is 472. The second-order valence-corrected chi connectivity index (χ2v) is 5.66. The first kappa shape index (κ1) is 13.6. The number of carboxylic acid groups (broad SMARTS) is 1. The highest BCUT2D eigenvalue weighted by Crippen LogP contribution is 2.54. The standard InChI is InChI=1S/C12H13Cl2NO3/c13-8-2-1-6(3-9(8)14)10(16)7-4-12(7,5-15)11(17)18/h1-2,7,9H,3-5,15H2,(H,17,18). The Hall–Kier alpha value is -0.840. The molecule has 0 amide bonds. The van der Waals surface area contributed by atoms with Crippen molar-refractivity contribution < 1.29 is 14.7 Å². The number of halogens is 2. The SMILES string of the molecule is NCC1(C(=O)O)CC1C(=O)C1=CC=C(Cl)C(Cl)C1. The lowest BCUT2D eigenvalue weighted by Gasteiger charge is -2.16. The van der Waals surface area contributed by atoms with Gasteiger partial charge in [0.1, 0.15) is 0 Å². The molecule has 1 fully saturated rings. The smallest absolute Gasteiger partial charge is 0.311 e. The van der Waals surface area contributed by atoms with Crippen LogP contribution in [0.3, 0.4) is 0 Å². The summed E-state index contributed by atoms with van der Waals surface area (Å²) in [6.07, 6.45) is 3.85. The van der Waals surface area contributed by atoms with Gasteiger partial charge in [-0.05, 0) is 24.5 Å². The van der Waals surface area contributed by atoms with E-state index < -0.39 is 22.7 Å². The molecule has 2 aliphatic rings. The van der Waals surface area contributed by atoms with Crippen molar-refractivity contribution in [3.63, 3.8) is 0 Å². The average molecular weight is 290 g/mol. The van der Waals surface area contributed by atoms with E-state index in [2.05, 4.69) is 0 Å². The number of nitrogens with two attached hydrogens (primary N) is 1. The zero-order valence-corrected chi connectivity index (χ0v) is 11.0. The van der Waals surface area contributed by atoms with E-state index in [0.717, 1.165) is 0 Å². The van der Waals surface area contributed by atoms with Gasteiger partial charge in [0, 0.05) is 17.5 Å². The van der Waals surface area contributed by atoms with Crippen LogP contribution in [0.4, 0.5) is 0 Å². The van der Waals surface area contributed by atoms with Crippen LogP contribution in [-0.2, 0) is 9.59 Å². The second-order valence-electron chi connectivity index (χ2n) is 4.70. The Morgan fingerprint density at radius 1 is 1.50 bits per heavy atom. The molecule has 0 aliphatic heterocycles. The molecule has 6 heteroatoms. The maximum atomic E-state index is 12.2. The molecule has 0 aromatic carbocycles. The van der Waals surface area contributed by atoms with Crippen LogP contribution in [0.2, 0.25) is 0 Å². The van der Waals surface area contributed by atoms with E-state index in [9.17, 15) is 9.59 Å². The summed E-state index contributed by atoms with van der Waals surface area (Å²) in [5.74, 6) is -1.70. The van der Waals surface area contributed by atoms with E-state index in [0.29, 0.717) is 23.4 Å². The molecule has 4 nitrogen and oxygen atoms in total. The number of hydrogen-bond donors (Lipinski definition) is 2. The fourth-order valence-electron chi connectivity index (χ4n) is 2.25. The average Bonchev–Trinajstić information content (AvgIpc) is 3.08. The highest BCUT2D eigenvalue weighted by molar-refractivity contribution is 6.38. The van der Waals surface area contributed by atoms with Gasteiger partial charge in [-0.25, -0.2) is 0 Å². The number of carbonyl (C=O) groups is 2. The van der Waals surface area contributed by atoms with E-state index in [4.69, 9.17) is 34.0 Å². The number of ketones is 1. The minimum atomic E-state index is -1.08. The Morgan fingerprint density at radius 2 is 2.17 bits per heavy atom. The monoisotopic (exact) mass is 289 g/mol. The fraction of sp³-hybridized carbons (Fsp3) is 0.500. The Kier molecular flexibility index (Phi) is 3.54. The molecule has 3 unspecified atom stereocenters. The van der Waals surface area contributed by atoms with E-state index in [1.54, 1.807) is 12.2 Å². The summed E-state index contributed by atoms with van der Waals surface area (Å²) in [5, 5.41) is 9.19. The molecule has 98 valence electrons.